The van der Waals surface area contributed by atoms with Crippen LogP contribution in [-0.4, -0.2) is 18.6 Å². The molecule has 1 aliphatic carbocycles. The van der Waals surface area contributed by atoms with Crippen LogP contribution in [0.4, 0.5) is 10.5 Å². The lowest BCUT2D eigenvalue weighted by atomic mass is 10.1. The summed E-state index contributed by atoms with van der Waals surface area (Å²) in [6, 6.07) is 3.79. The van der Waals surface area contributed by atoms with E-state index in [4.69, 9.17) is 23.2 Å². The third kappa shape index (κ3) is 2.49. The zero-order valence-corrected chi connectivity index (χ0v) is 13.1. The number of nitrogens with zero attached hydrogens (tertiary/aromatic N) is 1. The molecule has 20 heavy (non-hydrogen) atoms. The van der Waals surface area contributed by atoms with E-state index in [2.05, 4.69) is 19.2 Å². The van der Waals surface area contributed by atoms with Gasteiger partial charge in [0, 0.05) is 11.6 Å². The highest BCUT2D eigenvalue weighted by Crippen LogP contribution is 2.47. The average molecular weight is 313 g/mol. The topological polar surface area (TPSA) is 32.3 Å². The van der Waals surface area contributed by atoms with Crippen molar-refractivity contribution in [2.45, 2.75) is 38.6 Å². The van der Waals surface area contributed by atoms with Crippen molar-refractivity contribution >= 4 is 34.9 Å². The Balaban J connectivity index is 1.96. The van der Waals surface area contributed by atoms with E-state index in [-0.39, 0.29) is 12.1 Å². The van der Waals surface area contributed by atoms with Crippen LogP contribution in [0.5, 0.6) is 0 Å². The number of benzene rings is 1. The van der Waals surface area contributed by atoms with Crippen LogP contribution in [0.1, 0.15) is 38.2 Å². The normalized spacial score (nSPS) is 22.6. The van der Waals surface area contributed by atoms with Crippen molar-refractivity contribution in [3.8, 4) is 0 Å². The summed E-state index contributed by atoms with van der Waals surface area (Å²) in [6.45, 7) is 4.84. The maximum Gasteiger partial charge on any atom is 0.322 e. The molecule has 1 saturated heterocycles. The Kier molecular flexibility index (Phi) is 3.59. The van der Waals surface area contributed by atoms with E-state index in [1.165, 1.54) is 0 Å². The van der Waals surface area contributed by atoms with Crippen LogP contribution in [-0.2, 0) is 0 Å². The van der Waals surface area contributed by atoms with Crippen LogP contribution in [0.3, 0.4) is 0 Å². The maximum absolute atomic E-state index is 12.2. The number of carbonyl (C=O) groups excluding carboxylic acids is 1. The average Bonchev–Trinajstić information content (AvgIpc) is 3.15. The van der Waals surface area contributed by atoms with Gasteiger partial charge in [-0.2, -0.15) is 0 Å². The van der Waals surface area contributed by atoms with Gasteiger partial charge >= 0.3 is 6.03 Å². The van der Waals surface area contributed by atoms with E-state index >= 15 is 0 Å². The van der Waals surface area contributed by atoms with Gasteiger partial charge in [0.2, 0.25) is 0 Å². The fraction of sp³-hybridized carbons (Fsp3) is 0.533. The minimum atomic E-state index is -0.0883. The predicted octanol–water partition coefficient (Wildman–Crippen LogP) is 4.43. The molecule has 1 N–H and O–H groups in total. The molecule has 108 valence electrons. The highest BCUT2D eigenvalue weighted by atomic mass is 35.5. The van der Waals surface area contributed by atoms with Gasteiger partial charge in [-0.05, 0) is 42.4 Å². The van der Waals surface area contributed by atoms with E-state index < -0.39 is 0 Å². The molecule has 1 heterocycles. The van der Waals surface area contributed by atoms with Crippen molar-refractivity contribution in [3.63, 3.8) is 0 Å². The fourth-order valence-electron chi connectivity index (χ4n) is 2.63. The largest absolute Gasteiger partial charge is 0.333 e. The van der Waals surface area contributed by atoms with Crippen molar-refractivity contribution in [2.24, 2.45) is 5.92 Å². The summed E-state index contributed by atoms with van der Waals surface area (Å²) in [7, 11) is 0. The third-order valence-corrected chi connectivity index (χ3v) is 4.72. The summed E-state index contributed by atoms with van der Waals surface area (Å²) in [5.41, 5.74) is 1.82. The summed E-state index contributed by atoms with van der Waals surface area (Å²) in [5.74, 6) is 0.899. The van der Waals surface area contributed by atoms with E-state index in [1.807, 2.05) is 6.07 Å². The molecule has 1 atom stereocenters. The lowest BCUT2D eigenvalue weighted by Gasteiger charge is -2.19. The lowest BCUT2D eigenvalue weighted by Crippen LogP contribution is -2.31. The third-order valence-electron chi connectivity index (χ3n) is 4.09. The number of carbonyl (C=O) groups is 1. The number of rotatable bonds is 3. The number of hydrogen-bond acceptors (Lipinski definition) is 1. The Hall–Kier alpha value is -0.930. The van der Waals surface area contributed by atoms with Crippen LogP contribution >= 0.6 is 23.2 Å². The molecule has 3 rings (SSSR count). The van der Waals surface area contributed by atoms with Gasteiger partial charge in [-0.25, -0.2) is 4.79 Å². The molecule has 1 aromatic rings. The molecule has 0 radical (unpaired) electrons. The highest BCUT2D eigenvalue weighted by molar-refractivity contribution is 6.36. The number of halogens is 2. The molecular formula is C15H18Cl2N2O. The SMILES string of the molecule is CC(C)C1CN(c2cc(Cl)cc(C3CC3)c2Cl)C(=O)N1. The van der Waals surface area contributed by atoms with Crippen LogP contribution in [0.15, 0.2) is 12.1 Å². The molecule has 0 bridgehead atoms. The van der Waals surface area contributed by atoms with Crippen molar-refractivity contribution in [2.75, 3.05) is 11.4 Å². The van der Waals surface area contributed by atoms with E-state index in [0.717, 1.165) is 24.1 Å². The number of urea groups is 1. The van der Waals surface area contributed by atoms with Gasteiger partial charge in [0.25, 0.3) is 0 Å². The fourth-order valence-corrected chi connectivity index (χ4v) is 3.22. The Morgan fingerprint density at radius 1 is 1.30 bits per heavy atom. The second-order valence-corrected chi connectivity index (χ2v) is 6.83. The summed E-state index contributed by atoms with van der Waals surface area (Å²) in [4.78, 5) is 13.9. The molecular weight excluding hydrogens is 295 g/mol. The molecule has 2 aliphatic rings. The Bertz CT molecular complexity index is 555. The first-order valence-corrected chi connectivity index (χ1v) is 7.80. The van der Waals surface area contributed by atoms with Crippen LogP contribution < -0.4 is 10.2 Å². The monoisotopic (exact) mass is 312 g/mol. The summed E-state index contributed by atoms with van der Waals surface area (Å²) in [5, 5.41) is 4.32. The van der Waals surface area contributed by atoms with Gasteiger partial charge in [0.05, 0.1) is 16.8 Å². The number of amides is 2. The molecule has 0 aromatic heterocycles. The first-order chi connectivity index (χ1) is 9.47. The molecule has 2 fully saturated rings. The predicted molar refractivity (Wildman–Crippen MR) is 82.9 cm³/mol. The summed E-state index contributed by atoms with van der Waals surface area (Å²) < 4.78 is 0. The lowest BCUT2D eigenvalue weighted by molar-refractivity contribution is 0.249. The van der Waals surface area contributed by atoms with E-state index in [0.29, 0.717) is 28.4 Å². The first kappa shape index (κ1) is 14.0. The smallest absolute Gasteiger partial charge is 0.322 e. The van der Waals surface area contributed by atoms with Gasteiger partial charge in [0.15, 0.2) is 0 Å². The van der Waals surface area contributed by atoms with Gasteiger partial charge in [0.1, 0.15) is 0 Å². The zero-order chi connectivity index (χ0) is 14.4. The van der Waals surface area contributed by atoms with Gasteiger partial charge < -0.3 is 5.32 Å². The summed E-state index contributed by atoms with van der Waals surface area (Å²) in [6.07, 6.45) is 2.31. The Morgan fingerprint density at radius 2 is 2.00 bits per heavy atom. The first-order valence-electron chi connectivity index (χ1n) is 7.04. The molecule has 1 unspecified atom stereocenters. The van der Waals surface area contributed by atoms with Gasteiger partial charge in [-0.15, -0.1) is 0 Å². The Morgan fingerprint density at radius 3 is 2.55 bits per heavy atom. The highest BCUT2D eigenvalue weighted by Gasteiger charge is 2.35. The molecule has 1 aliphatic heterocycles. The van der Waals surface area contributed by atoms with Crippen LogP contribution in [0.25, 0.3) is 0 Å². The quantitative estimate of drug-likeness (QED) is 0.880. The number of nitrogens with one attached hydrogen (secondary N) is 1. The van der Waals surface area contributed by atoms with Crippen molar-refractivity contribution in [1.82, 2.24) is 5.32 Å². The second kappa shape index (κ2) is 5.12. The molecule has 3 nitrogen and oxygen atoms in total. The molecule has 2 amide bonds. The van der Waals surface area contributed by atoms with Gasteiger partial charge in [-0.1, -0.05) is 37.0 Å². The second-order valence-electron chi connectivity index (χ2n) is 6.01. The minimum Gasteiger partial charge on any atom is -0.333 e. The minimum absolute atomic E-state index is 0.0883. The molecule has 1 aromatic carbocycles. The summed E-state index contributed by atoms with van der Waals surface area (Å²) >= 11 is 12.7. The van der Waals surface area contributed by atoms with E-state index in [9.17, 15) is 4.79 Å². The maximum atomic E-state index is 12.2. The van der Waals surface area contributed by atoms with Gasteiger partial charge in [-0.3, -0.25) is 4.90 Å². The van der Waals surface area contributed by atoms with Crippen molar-refractivity contribution < 1.29 is 4.79 Å². The number of hydrogen-bond donors (Lipinski definition) is 1. The zero-order valence-electron chi connectivity index (χ0n) is 11.6. The number of anilines is 1. The van der Waals surface area contributed by atoms with Crippen LogP contribution in [0, 0.1) is 5.92 Å². The molecule has 5 heteroatoms. The van der Waals surface area contributed by atoms with Crippen LogP contribution in [0.2, 0.25) is 10.0 Å². The van der Waals surface area contributed by atoms with Crippen molar-refractivity contribution in [3.05, 3.63) is 27.7 Å². The molecule has 1 saturated carbocycles. The standard InChI is InChI=1S/C15H18Cl2N2O/c1-8(2)12-7-19(15(20)18-12)13-6-10(16)5-11(14(13)17)9-3-4-9/h5-6,8-9,12H,3-4,7H2,1-2H3,(H,18,20). The van der Waals surface area contributed by atoms with E-state index in [1.54, 1.807) is 11.0 Å². The van der Waals surface area contributed by atoms with Crippen molar-refractivity contribution in [1.29, 1.82) is 0 Å². The molecule has 0 spiro atoms. The Labute approximate surface area is 129 Å².